The summed E-state index contributed by atoms with van der Waals surface area (Å²) in [6.45, 7) is 6.19. The van der Waals surface area contributed by atoms with Crippen molar-refractivity contribution < 1.29 is 51.6 Å². The first kappa shape index (κ1) is 22.4. The second-order valence-corrected chi connectivity index (χ2v) is 5.62. The second-order valence-electron chi connectivity index (χ2n) is 5.62. The van der Waals surface area contributed by atoms with Crippen molar-refractivity contribution in [2.24, 2.45) is 0 Å². The van der Waals surface area contributed by atoms with Crippen LogP contribution in [0.5, 0.6) is 0 Å². The third kappa shape index (κ3) is 4.10. The maximum Gasteiger partial charge on any atom is 2.00 e. The first-order valence-electron chi connectivity index (χ1n) is 7.16. The van der Waals surface area contributed by atoms with Gasteiger partial charge in [0.25, 0.3) is 0 Å². The zero-order valence-electron chi connectivity index (χ0n) is 13.5. The van der Waals surface area contributed by atoms with E-state index in [9.17, 15) is 5.11 Å². The van der Waals surface area contributed by atoms with Crippen molar-refractivity contribution >= 4 is 16.3 Å². The molecule has 0 fully saturated rings. The minimum atomic E-state index is -0.461. The Kier molecular flexibility index (Phi) is 8.83. The minimum absolute atomic E-state index is 0. The van der Waals surface area contributed by atoms with Crippen LogP contribution in [0.3, 0.4) is 0 Å². The van der Waals surface area contributed by atoms with Gasteiger partial charge in [0.05, 0.1) is 6.10 Å². The van der Waals surface area contributed by atoms with E-state index in [0.717, 1.165) is 17.4 Å². The van der Waals surface area contributed by atoms with Crippen LogP contribution < -0.4 is 24.8 Å². The predicted octanol–water partition coefficient (Wildman–Crippen LogP) is -0.978. The molecule has 23 heavy (non-hydrogen) atoms. The van der Waals surface area contributed by atoms with E-state index in [0.29, 0.717) is 0 Å². The van der Waals surface area contributed by atoms with Gasteiger partial charge in [-0.1, -0.05) is 48.0 Å². The van der Waals surface area contributed by atoms with Gasteiger partial charge in [-0.05, 0) is 60.2 Å². The Morgan fingerprint density at radius 3 is 2.22 bits per heavy atom. The fraction of sp³-hybridized carbons (Fsp3) is 0.263. The SMILES string of the molecule is CC1=CCC(c2ccc3ccccc3c2C(C)O)=C1C.[Cl-].[Cl-].[Ti+2]. The van der Waals surface area contributed by atoms with Gasteiger partial charge >= 0.3 is 21.7 Å². The molecule has 1 atom stereocenters. The number of fused-ring (bicyclic) bond motifs is 1. The Morgan fingerprint density at radius 1 is 1.00 bits per heavy atom. The summed E-state index contributed by atoms with van der Waals surface area (Å²) < 4.78 is 0. The summed E-state index contributed by atoms with van der Waals surface area (Å²) in [6, 6.07) is 12.6. The molecule has 0 heterocycles. The Hall–Kier alpha value is -0.566. The van der Waals surface area contributed by atoms with Crippen LogP contribution in [0.15, 0.2) is 53.6 Å². The number of allylic oxidation sites excluding steroid dienone is 4. The van der Waals surface area contributed by atoms with E-state index in [1.165, 1.54) is 27.7 Å². The monoisotopic (exact) mass is 382 g/mol. The first-order valence-corrected chi connectivity index (χ1v) is 7.16. The number of aliphatic hydroxyl groups excluding tert-OH is 1. The summed E-state index contributed by atoms with van der Waals surface area (Å²) in [6.07, 6.45) is 2.78. The van der Waals surface area contributed by atoms with Crippen LogP contribution in [0.1, 0.15) is 44.4 Å². The summed E-state index contributed by atoms with van der Waals surface area (Å²) in [5.41, 5.74) is 6.31. The predicted molar refractivity (Wildman–Crippen MR) is 85.5 cm³/mol. The molecule has 4 heteroatoms. The summed E-state index contributed by atoms with van der Waals surface area (Å²) in [5, 5.41) is 12.6. The number of halogens is 2. The molecule has 1 nitrogen and oxygen atoms in total. The molecule has 3 rings (SSSR count). The quantitative estimate of drug-likeness (QED) is 0.662. The number of aliphatic hydroxyl groups is 1. The summed E-state index contributed by atoms with van der Waals surface area (Å²) in [5.74, 6) is 0. The fourth-order valence-electron chi connectivity index (χ4n) is 3.12. The Labute approximate surface area is 165 Å². The zero-order valence-corrected chi connectivity index (χ0v) is 16.6. The maximum absolute atomic E-state index is 10.3. The minimum Gasteiger partial charge on any atom is -1.00 e. The summed E-state index contributed by atoms with van der Waals surface area (Å²) in [4.78, 5) is 0. The third-order valence-corrected chi connectivity index (χ3v) is 4.37. The van der Waals surface area contributed by atoms with Gasteiger partial charge in [0.15, 0.2) is 0 Å². The Morgan fingerprint density at radius 2 is 1.65 bits per heavy atom. The summed E-state index contributed by atoms with van der Waals surface area (Å²) in [7, 11) is 0. The van der Waals surface area contributed by atoms with Crippen LogP contribution in [0, 0.1) is 0 Å². The second kappa shape index (κ2) is 9.06. The molecule has 120 valence electrons. The van der Waals surface area contributed by atoms with Gasteiger partial charge in [-0.15, -0.1) is 0 Å². The zero-order chi connectivity index (χ0) is 14.3. The molecular weight excluding hydrogens is 363 g/mol. The fourth-order valence-corrected chi connectivity index (χ4v) is 3.12. The van der Waals surface area contributed by atoms with E-state index in [2.05, 4.69) is 44.2 Å². The molecule has 1 aliphatic carbocycles. The molecule has 0 saturated heterocycles. The summed E-state index contributed by atoms with van der Waals surface area (Å²) >= 11 is 0. The number of hydrogen-bond acceptors (Lipinski definition) is 1. The molecule has 0 aliphatic heterocycles. The Balaban J connectivity index is 0.00000161. The van der Waals surface area contributed by atoms with Crippen molar-refractivity contribution in [3.05, 3.63) is 64.7 Å². The standard InChI is InChI=1S/C19H20O.2ClH.Ti/c1-12-8-10-16(13(12)2)18-11-9-15-6-4-5-7-17(15)19(18)14(3)20;;;/h4-9,11,14,20H,10H2,1-3H3;2*1H;/q;;;+2/p-2. The van der Waals surface area contributed by atoms with Crippen LogP contribution >= 0.6 is 0 Å². The van der Waals surface area contributed by atoms with Gasteiger partial charge in [-0.2, -0.15) is 0 Å². The molecule has 0 radical (unpaired) electrons. The number of hydrogen-bond donors (Lipinski definition) is 1. The van der Waals surface area contributed by atoms with E-state index < -0.39 is 6.10 Å². The molecule has 0 saturated carbocycles. The van der Waals surface area contributed by atoms with Crippen molar-refractivity contribution in [3.63, 3.8) is 0 Å². The third-order valence-electron chi connectivity index (χ3n) is 4.37. The number of rotatable bonds is 2. The molecule has 0 aromatic heterocycles. The van der Waals surface area contributed by atoms with Crippen molar-refractivity contribution in [2.45, 2.75) is 33.3 Å². The molecule has 1 N–H and O–H groups in total. The van der Waals surface area contributed by atoms with Crippen LogP contribution in [0.2, 0.25) is 0 Å². The smallest absolute Gasteiger partial charge is 1.00 e. The largest absolute Gasteiger partial charge is 2.00 e. The van der Waals surface area contributed by atoms with E-state index in [1.807, 2.05) is 19.1 Å². The van der Waals surface area contributed by atoms with Crippen LogP contribution in [0.25, 0.3) is 16.3 Å². The topological polar surface area (TPSA) is 20.2 Å². The van der Waals surface area contributed by atoms with Crippen molar-refractivity contribution in [2.75, 3.05) is 0 Å². The van der Waals surface area contributed by atoms with E-state index in [4.69, 9.17) is 0 Å². The van der Waals surface area contributed by atoms with Crippen LogP contribution in [-0.2, 0) is 21.7 Å². The molecule has 2 aromatic rings. The van der Waals surface area contributed by atoms with Gasteiger partial charge < -0.3 is 29.9 Å². The molecule has 1 unspecified atom stereocenters. The van der Waals surface area contributed by atoms with Gasteiger partial charge in [0.2, 0.25) is 0 Å². The Bertz CT molecular complexity index is 748. The molecule has 0 amide bonds. The normalized spacial score (nSPS) is 14.5. The van der Waals surface area contributed by atoms with E-state index in [-0.39, 0.29) is 46.5 Å². The van der Waals surface area contributed by atoms with Crippen LogP contribution in [0.4, 0.5) is 0 Å². The van der Waals surface area contributed by atoms with Gasteiger partial charge in [0.1, 0.15) is 0 Å². The van der Waals surface area contributed by atoms with Crippen molar-refractivity contribution in [1.82, 2.24) is 0 Å². The molecule has 0 spiro atoms. The van der Waals surface area contributed by atoms with E-state index in [1.54, 1.807) is 0 Å². The first-order chi connectivity index (χ1) is 9.59. The van der Waals surface area contributed by atoms with Gasteiger partial charge in [-0.3, -0.25) is 0 Å². The average Bonchev–Trinajstić information content (AvgIpc) is 2.77. The molecule has 2 aromatic carbocycles. The van der Waals surface area contributed by atoms with Crippen molar-refractivity contribution in [3.8, 4) is 0 Å². The van der Waals surface area contributed by atoms with Gasteiger partial charge in [-0.25, -0.2) is 0 Å². The van der Waals surface area contributed by atoms with Gasteiger partial charge in [0, 0.05) is 0 Å². The molecule has 0 bridgehead atoms. The van der Waals surface area contributed by atoms with E-state index >= 15 is 0 Å². The number of benzene rings is 2. The molecule has 1 aliphatic rings. The van der Waals surface area contributed by atoms with Crippen molar-refractivity contribution in [1.29, 1.82) is 0 Å². The van der Waals surface area contributed by atoms with Crippen LogP contribution in [-0.4, -0.2) is 5.11 Å². The average molecular weight is 383 g/mol. The maximum atomic E-state index is 10.3. The molecular formula is C19H20Cl2OTi.